The van der Waals surface area contributed by atoms with Gasteiger partial charge in [-0.1, -0.05) is 48.5 Å². The molecule has 128 valence electrons. The number of carbonyl (C=O) groups excluding carboxylic acids is 1. The smallest absolute Gasteiger partial charge is 0.164 e. The van der Waals surface area contributed by atoms with E-state index in [4.69, 9.17) is 0 Å². The van der Waals surface area contributed by atoms with Crippen molar-refractivity contribution in [1.82, 2.24) is 4.90 Å². The Kier molecular flexibility index (Phi) is 5.84. The van der Waals surface area contributed by atoms with Crippen LogP contribution in [0.15, 0.2) is 48.5 Å². The summed E-state index contributed by atoms with van der Waals surface area (Å²) >= 11 is 0. The van der Waals surface area contributed by atoms with Gasteiger partial charge in [0.2, 0.25) is 0 Å². The normalized spacial score (nSPS) is 19.8. The summed E-state index contributed by atoms with van der Waals surface area (Å²) in [6.07, 6.45) is 2.57. The maximum absolute atomic E-state index is 12.8. The molecule has 2 aromatic carbocycles. The molecule has 0 fully saturated rings. The van der Waals surface area contributed by atoms with Crippen LogP contribution in [0, 0.1) is 6.92 Å². The van der Waals surface area contributed by atoms with Crippen molar-refractivity contribution in [2.24, 2.45) is 0 Å². The number of rotatable bonds is 4. The van der Waals surface area contributed by atoms with Gasteiger partial charge in [0.25, 0.3) is 0 Å². The molecule has 0 amide bonds. The first-order chi connectivity index (χ1) is 11.0. The van der Waals surface area contributed by atoms with Gasteiger partial charge in [-0.15, -0.1) is 12.4 Å². The molecule has 0 saturated carbocycles. The van der Waals surface area contributed by atoms with E-state index in [1.165, 1.54) is 16.7 Å². The number of ketones is 1. The highest BCUT2D eigenvalue weighted by Gasteiger charge is 2.40. The summed E-state index contributed by atoms with van der Waals surface area (Å²) in [6.45, 7) is 3.15. The molecule has 2 nitrogen and oxygen atoms in total. The molecule has 0 saturated heterocycles. The molecule has 1 aliphatic rings. The van der Waals surface area contributed by atoms with Gasteiger partial charge in [-0.3, -0.25) is 4.79 Å². The Labute approximate surface area is 151 Å². The van der Waals surface area contributed by atoms with Crippen LogP contribution in [-0.2, 0) is 11.8 Å². The minimum Gasteiger partial charge on any atom is -0.309 e. The molecule has 1 atom stereocenters. The minimum absolute atomic E-state index is 0. The van der Waals surface area contributed by atoms with Crippen LogP contribution in [0.5, 0.6) is 0 Å². The lowest BCUT2D eigenvalue weighted by atomic mass is 9.64. The van der Waals surface area contributed by atoms with Gasteiger partial charge in [-0.25, -0.2) is 0 Å². The van der Waals surface area contributed by atoms with Crippen molar-refractivity contribution in [3.63, 3.8) is 0 Å². The number of hydrogen-bond acceptors (Lipinski definition) is 2. The summed E-state index contributed by atoms with van der Waals surface area (Å²) in [7, 11) is 4.20. The molecule has 24 heavy (non-hydrogen) atoms. The van der Waals surface area contributed by atoms with Crippen LogP contribution in [-0.4, -0.2) is 31.3 Å². The van der Waals surface area contributed by atoms with E-state index in [2.05, 4.69) is 56.3 Å². The van der Waals surface area contributed by atoms with Crippen molar-refractivity contribution in [3.8, 4) is 0 Å². The number of carbonyl (C=O) groups is 1. The third-order valence-electron chi connectivity index (χ3n) is 5.10. The molecule has 1 unspecified atom stereocenters. The number of Topliss-reactive ketones (excluding diaryl/α,β-unsaturated/α-hetero) is 1. The molecule has 2 aromatic rings. The first kappa shape index (κ1) is 18.7. The third kappa shape index (κ3) is 3.55. The van der Waals surface area contributed by atoms with Gasteiger partial charge in [0, 0.05) is 17.4 Å². The fourth-order valence-corrected chi connectivity index (χ4v) is 3.88. The largest absolute Gasteiger partial charge is 0.309 e. The monoisotopic (exact) mass is 343 g/mol. The van der Waals surface area contributed by atoms with Crippen LogP contribution in [0.1, 0.15) is 39.9 Å². The van der Waals surface area contributed by atoms with Gasteiger partial charge >= 0.3 is 0 Å². The highest BCUT2D eigenvalue weighted by atomic mass is 35.5. The average Bonchev–Trinajstić information content (AvgIpc) is 2.53. The molecule has 1 aliphatic carbocycles. The van der Waals surface area contributed by atoms with Crippen molar-refractivity contribution in [3.05, 3.63) is 70.8 Å². The van der Waals surface area contributed by atoms with Gasteiger partial charge in [0.05, 0.1) is 0 Å². The Balaban J connectivity index is 0.00000208. The quantitative estimate of drug-likeness (QED) is 0.818. The molecule has 3 rings (SSSR count). The second-order valence-electron chi connectivity index (χ2n) is 7.08. The first-order valence-corrected chi connectivity index (χ1v) is 8.34. The zero-order chi connectivity index (χ0) is 16.4. The number of nitrogens with zero attached hydrogens (tertiary/aromatic N) is 1. The predicted molar refractivity (Wildman–Crippen MR) is 102 cm³/mol. The van der Waals surface area contributed by atoms with Gasteiger partial charge < -0.3 is 4.90 Å². The van der Waals surface area contributed by atoms with E-state index in [0.29, 0.717) is 6.42 Å². The van der Waals surface area contributed by atoms with Gasteiger partial charge in [0.15, 0.2) is 5.78 Å². The Morgan fingerprint density at radius 1 is 1.00 bits per heavy atom. The summed E-state index contributed by atoms with van der Waals surface area (Å²) in [5.74, 6) is 0.286. The van der Waals surface area contributed by atoms with Gasteiger partial charge in [-0.2, -0.15) is 0 Å². The van der Waals surface area contributed by atoms with E-state index >= 15 is 0 Å². The fourth-order valence-electron chi connectivity index (χ4n) is 3.88. The Morgan fingerprint density at radius 2 is 1.67 bits per heavy atom. The molecule has 0 N–H and O–H groups in total. The van der Waals surface area contributed by atoms with Crippen LogP contribution in [0.2, 0.25) is 0 Å². The second kappa shape index (κ2) is 7.50. The highest BCUT2D eigenvalue weighted by Crippen LogP contribution is 2.42. The number of halogens is 1. The van der Waals surface area contributed by atoms with E-state index in [1.54, 1.807) is 0 Å². The van der Waals surface area contributed by atoms with E-state index in [1.807, 2.05) is 18.2 Å². The Hall–Kier alpha value is -1.64. The summed E-state index contributed by atoms with van der Waals surface area (Å²) in [5, 5.41) is 0. The average molecular weight is 344 g/mol. The fraction of sp³-hybridized carbons (Fsp3) is 0.381. The molecule has 0 aliphatic heterocycles. The summed E-state index contributed by atoms with van der Waals surface area (Å²) in [4.78, 5) is 15.0. The van der Waals surface area contributed by atoms with Crippen LogP contribution in [0.3, 0.4) is 0 Å². The van der Waals surface area contributed by atoms with E-state index in [0.717, 1.165) is 24.9 Å². The maximum Gasteiger partial charge on any atom is 0.164 e. The molecular formula is C21H26ClNO. The van der Waals surface area contributed by atoms with Crippen molar-refractivity contribution >= 4 is 18.2 Å². The standard InChI is InChI=1S/C21H25NO.ClH/c1-16-8-4-7-11-19(16)21(12-13-22(2)3)14-17-9-5-6-10-18(17)20(23)15-21;/h4-11H,12-15H2,1-3H3;1H. The van der Waals surface area contributed by atoms with Crippen molar-refractivity contribution in [2.75, 3.05) is 20.6 Å². The topological polar surface area (TPSA) is 20.3 Å². The number of aryl methyl sites for hydroxylation is 1. The third-order valence-corrected chi connectivity index (χ3v) is 5.10. The van der Waals surface area contributed by atoms with Crippen molar-refractivity contribution in [2.45, 2.75) is 31.6 Å². The Bertz CT molecular complexity index is 725. The van der Waals surface area contributed by atoms with Gasteiger partial charge in [0.1, 0.15) is 0 Å². The van der Waals surface area contributed by atoms with E-state index < -0.39 is 0 Å². The minimum atomic E-state index is -0.0823. The van der Waals surface area contributed by atoms with Crippen LogP contribution in [0.25, 0.3) is 0 Å². The summed E-state index contributed by atoms with van der Waals surface area (Å²) in [6, 6.07) is 16.7. The molecule has 0 bridgehead atoms. The SMILES string of the molecule is Cc1ccccc1C1(CCN(C)C)CC(=O)c2ccccc2C1.Cl. The van der Waals surface area contributed by atoms with Crippen molar-refractivity contribution < 1.29 is 4.79 Å². The lowest BCUT2D eigenvalue weighted by molar-refractivity contribution is 0.0924. The van der Waals surface area contributed by atoms with E-state index in [9.17, 15) is 4.79 Å². The lowest BCUT2D eigenvalue weighted by Crippen LogP contribution is -2.39. The molecule has 0 radical (unpaired) electrons. The molecule has 3 heteroatoms. The number of hydrogen-bond donors (Lipinski definition) is 0. The van der Waals surface area contributed by atoms with E-state index in [-0.39, 0.29) is 23.6 Å². The number of fused-ring (bicyclic) bond motifs is 1. The Morgan fingerprint density at radius 3 is 2.38 bits per heavy atom. The van der Waals surface area contributed by atoms with Crippen molar-refractivity contribution in [1.29, 1.82) is 0 Å². The van der Waals surface area contributed by atoms with Crippen LogP contribution >= 0.6 is 12.4 Å². The second-order valence-corrected chi connectivity index (χ2v) is 7.08. The molecule has 0 spiro atoms. The summed E-state index contributed by atoms with van der Waals surface area (Å²) in [5.41, 5.74) is 4.66. The highest BCUT2D eigenvalue weighted by molar-refractivity contribution is 5.99. The predicted octanol–water partition coefficient (Wildman–Crippen LogP) is 4.44. The zero-order valence-electron chi connectivity index (χ0n) is 14.7. The molecule has 0 heterocycles. The van der Waals surface area contributed by atoms with Crippen LogP contribution in [0.4, 0.5) is 0 Å². The molecule has 0 aromatic heterocycles. The number of benzene rings is 2. The lowest BCUT2D eigenvalue weighted by Gasteiger charge is -2.40. The zero-order valence-corrected chi connectivity index (χ0v) is 15.5. The van der Waals surface area contributed by atoms with Crippen LogP contribution < -0.4 is 0 Å². The first-order valence-electron chi connectivity index (χ1n) is 8.34. The molecular weight excluding hydrogens is 318 g/mol. The maximum atomic E-state index is 12.8. The summed E-state index contributed by atoms with van der Waals surface area (Å²) < 4.78 is 0. The van der Waals surface area contributed by atoms with Gasteiger partial charge in [-0.05, 0) is 57.1 Å².